The summed E-state index contributed by atoms with van der Waals surface area (Å²) < 4.78 is 11.5. The molecule has 3 aromatic rings. The van der Waals surface area contributed by atoms with Crippen LogP contribution in [0.25, 0.3) is 11.3 Å². The normalized spacial score (nSPS) is 20.9. The molecule has 0 amide bonds. The Hall–Kier alpha value is -3.74. The third-order valence-electron chi connectivity index (χ3n) is 6.31. The monoisotopic (exact) mass is 458 g/mol. The molecule has 1 saturated heterocycles. The van der Waals surface area contributed by atoms with Gasteiger partial charge < -0.3 is 25.2 Å². The fourth-order valence-electron chi connectivity index (χ4n) is 4.31. The summed E-state index contributed by atoms with van der Waals surface area (Å²) in [6.07, 6.45) is 5.45. The molecule has 0 spiro atoms. The molecule has 9 nitrogen and oxygen atoms in total. The molecule has 3 N–H and O–H groups in total. The number of aliphatic hydroxyl groups excluding tert-OH is 1. The fraction of sp³-hybridized carbons (Fsp3) is 0.360. The number of anilines is 3. The van der Waals surface area contributed by atoms with Gasteiger partial charge in [0.25, 0.3) is 0 Å². The predicted octanol–water partition coefficient (Wildman–Crippen LogP) is 3.39. The Labute approximate surface area is 197 Å². The number of nitrogens with zero attached hydrogens (tertiary/aromatic N) is 4. The number of nitriles is 1. The largest absolute Gasteiger partial charge is 0.473 e. The van der Waals surface area contributed by atoms with Crippen molar-refractivity contribution < 1.29 is 14.6 Å². The fourth-order valence-corrected chi connectivity index (χ4v) is 4.31. The van der Waals surface area contributed by atoms with Gasteiger partial charge in [-0.25, -0.2) is 15.0 Å². The zero-order chi connectivity index (χ0) is 23.5. The molecule has 9 heteroatoms. The maximum absolute atomic E-state index is 9.96. The molecule has 0 saturated carbocycles. The molecule has 0 aliphatic carbocycles. The summed E-state index contributed by atoms with van der Waals surface area (Å²) in [6, 6.07) is 11.5. The first-order chi connectivity index (χ1) is 16.6. The average Bonchev–Trinajstić information content (AvgIpc) is 3.52. The van der Waals surface area contributed by atoms with Crippen LogP contribution in [-0.2, 0) is 10.2 Å². The molecule has 0 radical (unpaired) electrons. The van der Waals surface area contributed by atoms with Gasteiger partial charge in [0, 0.05) is 36.5 Å². The van der Waals surface area contributed by atoms with Crippen molar-refractivity contribution in [3.63, 3.8) is 0 Å². The molecule has 34 heavy (non-hydrogen) atoms. The molecule has 2 aromatic heterocycles. The van der Waals surface area contributed by atoms with Gasteiger partial charge in [-0.1, -0.05) is 6.92 Å². The highest BCUT2D eigenvalue weighted by Gasteiger charge is 2.36. The molecule has 5 rings (SSSR count). The van der Waals surface area contributed by atoms with Gasteiger partial charge in [0.2, 0.25) is 11.8 Å². The lowest BCUT2D eigenvalue weighted by molar-refractivity contribution is 0.0666. The number of pyridine rings is 1. The molecule has 2 aliphatic rings. The number of aromatic nitrogens is 3. The first-order valence-electron chi connectivity index (χ1n) is 11.3. The minimum Gasteiger partial charge on any atom is -0.473 e. The van der Waals surface area contributed by atoms with E-state index < -0.39 is 5.41 Å². The Kier molecular flexibility index (Phi) is 6.01. The van der Waals surface area contributed by atoms with E-state index in [-0.39, 0.29) is 12.7 Å². The minimum atomic E-state index is -0.462. The number of fused-ring (bicyclic) bond motifs is 1. The van der Waals surface area contributed by atoms with Gasteiger partial charge in [-0.05, 0) is 48.7 Å². The van der Waals surface area contributed by atoms with Crippen molar-refractivity contribution in [3.05, 3.63) is 53.9 Å². The Morgan fingerprint density at radius 2 is 2.24 bits per heavy atom. The van der Waals surface area contributed by atoms with Crippen LogP contribution < -0.4 is 15.4 Å². The summed E-state index contributed by atoms with van der Waals surface area (Å²) in [7, 11) is 0. The smallest absolute Gasteiger partial charge is 0.237 e. The first kappa shape index (κ1) is 22.1. The Morgan fingerprint density at radius 3 is 3.03 bits per heavy atom. The van der Waals surface area contributed by atoms with E-state index in [1.165, 1.54) is 0 Å². The van der Waals surface area contributed by atoms with E-state index in [0.29, 0.717) is 41.9 Å². The SMILES string of the molecule is C[C@]1(CO)CNc2c(C#N)cc(-c3ccnc(Nc4cccnc4OC[C@H]4CCCO4)n3)cc21. The van der Waals surface area contributed by atoms with Crippen LogP contribution in [0.4, 0.5) is 17.3 Å². The third-order valence-corrected chi connectivity index (χ3v) is 6.31. The number of aliphatic hydroxyl groups is 1. The maximum atomic E-state index is 9.96. The Balaban J connectivity index is 1.42. The van der Waals surface area contributed by atoms with Crippen LogP contribution in [0.15, 0.2) is 42.7 Å². The number of benzene rings is 1. The molecule has 2 atom stereocenters. The quantitative estimate of drug-likeness (QED) is 0.488. The lowest BCUT2D eigenvalue weighted by atomic mass is 9.83. The summed E-state index contributed by atoms with van der Waals surface area (Å²) >= 11 is 0. The number of nitrogens with one attached hydrogen (secondary N) is 2. The zero-order valence-electron chi connectivity index (χ0n) is 18.9. The van der Waals surface area contributed by atoms with Crippen molar-refractivity contribution in [1.82, 2.24) is 15.0 Å². The van der Waals surface area contributed by atoms with Gasteiger partial charge in [-0.15, -0.1) is 0 Å². The van der Waals surface area contributed by atoms with Gasteiger partial charge in [0.1, 0.15) is 18.4 Å². The highest BCUT2D eigenvalue weighted by molar-refractivity contribution is 5.76. The van der Waals surface area contributed by atoms with E-state index in [2.05, 4.69) is 31.7 Å². The molecule has 0 unspecified atom stereocenters. The first-order valence-corrected chi connectivity index (χ1v) is 11.3. The second-order valence-corrected chi connectivity index (χ2v) is 8.82. The van der Waals surface area contributed by atoms with Gasteiger partial charge in [-0.2, -0.15) is 5.26 Å². The highest BCUT2D eigenvalue weighted by Crippen LogP contribution is 2.41. The third kappa shape index (κ3) is 4.25. The molecule has 1 fully saturated rings. The van der Waals surface area contributed by atoms with E-state index in [1.54, 1.807) is 24.5 Å². The molecule has 174 valence electrons. The van der Waals surface area contributed by atoms with Crippen molar-refractivity contribution in [2.45, 2.75) is 31.3 Å². The van der Waals surface area contributed by atoms with E-state index >= 15 is 0 Å². The lowest BCUT2D eigenvalue weighted by Gasteiger charge is -2.21. The number of hydrogen-bond donors (Lipinski definition) is 3. The Bertz CT molecular complexity index is 1240. The lowest BCUT2D eigenvalue weighted by Crippen LogP contribution is -2.28. The summed E-state index contributed by atoms with van der Waals surface area (Å²) in [5.41, 5.74) is 3.85. The van der Waals surface area contributed by atoms with Crippen LogP contribution >= 0.6 is 0 Å². The van der Waals surface area contributed by atoms with Gasteiger partial charge >= 0.3 is 0 Å². The molecular formula is C25H26N6O3. The van der Waals surface area contributed by atoms with Gasteiger partial charge in [-0.3, -0.25) is 0 Å². The van der Waals surface area contributed by atoms with Crippen molar-refractivity contribution in [2.75, 3.05) is 37.0 Å². The zero-order valence-corrected chi connectivity index (χ0v) is 18.9. The van der Waals surface area contributed by atoms with E-state index in [0.717, 1.165) is 36.3 Å². The van der Waals surface area contributed by atoms with Crippen LogP contribution in [0, 0.1) is 11.3 Å². The van der Waals surface area contributed by atoms with Gasteiger partial charge in [0.15, 0.2) is 0 Å². The van der Waals surface area contributed by atoms with Crippen LogP contribution in [0.3, 0.4) is 0 Å². The van der Waals surface area contributed by atoms with E-state index in [9.17, 15) is 10.4 Å². The topological polar surface area (TPSA) is 125 Å². The van der Waals surface area contributed by atoms with Crippen molar-refractivity contribution in [2.24, 2.45) is 0 Å². The standard InChI is InChI=1S/C25H26N6O3/c1-25(15-32)14-29-22-17(12-26)10-16(11-19(22)25)20-6-8-28-24(30-20)31-21-5-2-7-27-23(21)34-13-18-4-3-9-33-18/h2,5-8,10-11,18,29,32H,3-4,9,13-15H2,1H3,(H,28,30,31)/t18-,25-/m1/s1. The second kappa shape index (κ2) is 9.25. The Morgan fingerprint density at radius 1 is 1.32 bits per heavy atom. The van der Waals surface area contributed by atoms with Crippen molar-refractivity contribution in [1.29, 1.82) is 5.26 Å². The van der Waals surface area contributed by atoms with Crippen LogP contribution in [0.2, 0.25) is 0 Å². The van der Waals surface area contributed by atoms with E-state index in [4.69, 9.17) is 9.47 Å². The number of rotatable bonds is 7. The number of hydrogen-bond acceptors (Lipinski definition) is 9. The summed E-state index contributed by atoms with van der Waals surface area (Å²) in [4.78, 5) is 13.4. The van der Waals surface area contributed by atoms with Crippen LogP contribution in [0.1, 0.15) is 30.9 Å². The molecular weight excluding hydrogens is 432 g/mol. The van der Waals surface area contributed by atoms with E-state index in [1.807, 2.05) is 25.1 Å². The highest BCUT2D eigenvalue weighted by atomic mass is 16.5. The summed E-state index contributed by atoms with van der Waals surface area (Å²) in [6.45, 7) is 3.74. The molecule has 4 heterocycles. The molecule has 2 aliphatic heterocycles. The molecule has 1 aromatic carbocycles. The number of ether oxygens (including phenoxy) is 2. The minimum absolute atomic E-state index is 0.0203. The second-order valence-electron chi connectivity index (χ2n) is 8.82. The van der Waals surface area contributed by atoms with Crippen molar-refractivity contribution >= 4 is 17.3 Å². The van der Waals surface area contributed by atoms with Crippen LogP contribution in [-0.4, -0.2) is 52.5 Å². The molecule has 0 bridgehead atoms. The predicted molar refractivity (Wildman–Crippen MR) is 127 cm³/mol. The average molecular weight is 459 g/mol. The van der Waals surface area contributed by atoms with Crippen molar-refractivity contribution in [3.8, 4) is 23.2 Å². The van der Waals surface area contributed by atoms with Crippen LogP contribution in [0.5, 0.6) is 5.88 Å². The summed E-state index contributed by atoms with van der Waals surface area (Å²) in [5, 5.41) is 26.1. The maximum Gasteiger partial charge on any atom is 0.237 e. The van der Waals surface area contributed by atoms with Gasteiger partial charge in [0.05, 0.1) is 29.7 Å². The summed E-state index contributed by atoms with van der Waals surface area (Å²) in [5.74, 6) is 0.843.